The Kier molecular flexibility index (Phi) is 3.60. The molecule has 3 heterocycles. The lowest BCUT2D eigenvalue weighted by molar-refractivity contribution is -0.116. The third-order valence-corrected chi connectivity index (χ3v) is 5.30. The monoisotopic (exact) mass is 356 g/mol. The van der Waals surface area contributed by atoms with Crippen LogP contribution in [0.3, 0.4) is 0 Å². The van der Waals surface area contributed by atoms with Crippen molar-refractivity contribution in [2.45, 2.75) is 18.9 Å². The van der Waals surface area contributed by atoms with Gasteiger partial charge in [-0.3, -0.25) is 9.48 Å². The Morgan fingerprint density at radius 3 is 2.74 bits per heavy atom. The molecule has 0 saturated carbocycles. The summed E-state index contributed by atoms with van der Waals surface area (Å²) in [4.78, 5) is 12.5. The van der Waals surface area contributed by atoms with Gasteiger partial charge < -0.3 is 9.88 Å². The number of nitrogens with one attached hydrogen (secondary N) is 1. The zero-order valence-corrected chi connectivity index (χ0v) is 15.1. The minimum atomic E-state index is 0.00173. The molecular formula is C22H20N4O. The molecule has 1 unspecified atom stereocenters. The van der Waals surface area contributed by atoms with Crippen LogP contribution in [0.2, 0.25) is 0 Å². The van der Waals surface area contributed by atoms with Crippen molar-refractivity contribution in [1.29, 1.82) is 0 Å². The van der Waals surface area contributed by atoms with Crippen molar-refractivity contribution < 1.29 is 4.79 Å². The van der Waals surface area contributed by atoms with Gasteiger partial charge in [0.05, 0.1) is 17.4 Å². The molecule has 1 N–H and O–H groups in total. The third-order valence-electron chi connectivity index (χ3n) is 5.30. The van der Waals surface area contributed by atoms with E-state index in [0.717, 1.165) is 28.7 Å². The second-order valence-electron chi connectivity index (χ2n) is 7.15. The lowest BCUT2D eigenvalue weighted by Gasteiger charge is -2.11. The summed E-state index contributed by atoms with van der Waals surface area (Å²) in [6, 6.07) is 16.6. The summed E-state index contributed by atoms with van der Waals surface area (Å²) >= 11 is 0. The minimum absolute atomic E-state index is 0.00173. The van der Waals surface area contributed by atoms with E-state index >= 15 is 0 Å². The second kappa shape index (κ2) is 6.13. The molecular weight excluding hydrogens is 336 g/mol. The summed E-state index contributed by atoms with van der Waals surface area (Å²) in [5.41, 5.74) is 5.55. The van der Waals surface area contributed by atoms with Gasteiger partial charge in [0.25, 0.3) is 0 Å². The van der Waals surface area contributed by atoms with Crippen LogP contribution in [0.25, 0.3) is 10.9 Å². The zero-order chi connectivity index (χ0) is 18.4. The molecule has 0 bridgehead atoms. The van der Waals surface area contributed by atoms with Crippen molar-refractivity contribution in [1.82, 2.24) is 14.3 Å². The van der Waals surface area contributed by atoms with Gasteiger partial charge in [-0.2, -0.15) is 5.10 Å². The number of anilines is 1. The maximum atomic E-state index is 12.5. The number of nitrogens with zero attached hydrogens (tertiary/aromatic N) is 3. The Bertz CT molecular complexity index is 1140. The van der Waals surface area contributed by atoms with E-state index in [0.29, 0.717) is 6.42 Å². The van der Waals surface area contributed by atoms with Crippen LogP contribution in [0.15, 0.2) is 67.1 Å². The Labute approximate surface area is 157 Å². The molecule has 27 heavy (non-hydrogen) atoms. The molecule has 4 aromatic rings. The number of aromatic nitrogens is 3. The Balaban J connectivity index is 1.70. The number of amides is 1. The van der Waals surface area contributed by atoms with Crippen LogP contribution in [0, 0.1) is 0 Å². The fourth-order valence-corrected chi connectivity index (χ4v) is 4.08. The molecule has 5 nitrogen and oxygen atoms in total. The third kappa shape index (κ3) is 2.72. The quantitative estimate of drug-likeness (QED) is 0.605. The van der Waals surface area contributed by atoms with E-state index in [1.807, 2.05) is 37.6 Å². The molecule has 134 valence electrons. The van der Waals surface area contributed by atoms with Gasteiger partial charge in [-0.1, -0.05) is 36.4 Å². The van der Waals surface area contributed by atoms with Gasteiger partial charge in [0.15, 0.2) is 0 Å². The molecule has 5 heteroatoms. The van der Waals surface area contributed by atoms with Gasteiger partial charge in [0, 0.05) is 43.7 Å². The molecule has 0 aliphatic carbocycles. The summed E-state index contributed by atoms with van der Waals surface area (Å²) < 4.78 is 4.08. The Morgan fingerprint density at radius 2 is 1.96 bits per heavy atom. The molecule has 2 aromatic heterocycles. The predicted molar refractivity (Wildman–Crippen MR) is 106 cm³/mol. The molecule has 0 spiro atoms. The van der Waals surface area contributed by atoms with Crippen molar-refractivity contribution >= 4 is 22.5 Å². The molecule has 1 aliphatic rings. The maximum Gasteiger partial charge on any atom is 0.225 e. The van der Waals surface area contributed by atoms with Gasteiger partial charge >= 0.3 is 0 Å². The van der Waals surface area contributed by atoms with E-state index < -0.39 is 0 Å². The van der Waals surface area contributed by atoms with E-state index in [1.165, 1.54) is 11.1 Å². The Hall–Kier alpha value is -3.34. The first-order valence-electron chi connectivity index (χ1n) is 9.13. The summed E-state index contributed by atoms with van der Waals surface area (Å²) in [6.07, 6.45) is 6.50. The van der Waals surface area contributed by atoms with Crippen LogP contribution in [0.1, 0.15) is 29.0 Å². The lowest BCUT2D eigenvalue weighted by Crippen LogP contribution is -2.13. The van der Waals surface area contributed by atoms with E-state index in [4.69, 9.17) is 0 Å². The molecule has 1 atom stereocenters. The van der Waals surface area contributed by atoms with Gasteiger partial charge in [0.2, 0.25) is 5.91 Å². The molecule has 2 aromatic carbocycles. The second-order valence-corrected chi connectivity index (χ2v) is 7.15. The van der Waals surface area contributed by atoms with E-state index in [-0.39, 0.29) is 11.8 Å². The van der Waals surface area contributed by atoms with Crippen LogP contribution in [0.5, 0.6) is 0 Å². The van der Waals surface area contributed by atoms with Crippen LogP contribution < -0.4 is 5.32 Å². The number of carbonyl (C=O) groups is 1. The van der Waals surface area contributed by atoms with Crippen molar-refractivity contribution in [3.63, 3.8) is 0 Å². The Morgan fingerprint density at radius 1 is 1.11 bits per heavy atom. The summed E-state index contributed by atoms with van der Waals surface area (Å²) in [7, 11) is 1.91. The number of carbonyl (C=O) groups excluding carboxylic acids is 1. The molecule has 0 fully saturated rings. The van der Waals surface area contributed by atoms with Crippen molar-refractivity contribution in [3.8, 4) is 0 Å². The smallest absolute Gasteiger partial charge is 0.225 e. The highest BCUT2D eigenvalue weighted by Crippen LogP contribution is 2.40. The minimum Gasteiger partial charge on any atom is -0.343 e. The van der Waals surface area contributed by atoms with Crippen LogP contribution in [-0.4, -0.2) is 20.3 Å². The molecule has 1 aliphatic heterocycles. The number of aryl methyl sites for hydroxylation is 1. The first-order valence-corrected chi connectivity index (χ1v) is 9.13. The highest BCUT2D eigenvalue weighted by atomic mass is 16.1. The first kappa shape index (κ1) is 15.9. The number of hydrogen-bond acceptors (Lipinski definition) is 2. The van der Waals surface area contributed by atoms with Gasteiger partial charge in [0.1, 0.15) is 0 Å². The lowest BCUT2D eigenvalue weighted by atomic mass is 9.91. The first-order chi connectivity index (χ1) is 13.2. The van der Waals surface area contributed by atoms with Gasteiger partial charge in [-0.05, 0) is 28.8 Å². The van der Waals surface area contributed by atoms with Crippen molar-refractivity contribution in [3.05, 3.63) is 83.8 Å². The molecule has 0 saturated heterocycles. The van der Waals surface area contributed by atoms with Crippen LogP contribution in [0.4, 0.5) is 5.69 Å². The fourth-order valence-electron chi connectivity index (χ4n) is 4.08. The van der Waals surface area contributed by atoms with Crippen LogP contribution >= 0.6 is 0 Å². The van der Waals surface area contributed by atoms with E-state index in [9.17, 15) is 4.79 Å². The standard InChI is InChI=1S/C22H20N4O/c1-25-13-16(11-23-25)17-10-21(27)24-19-8-5-9-20-22(19)18(17)14-26(20)12-15-6-3-2-4-7-15/h2-9,11,13-14,17H,10,12H2,1H3,(H,24,27). The van der Waals surface area contributed by atoms with Crippen LogP contribution in [-0.2, 0) is 18.4 Å². The summed E-state index contributed by atoms with van der Waals surface area (Å²) in [5, 5.41) is 8.54. The van der Waals surface area contributed by atoms with Gasteiger partial charge in [-0.15, -0.1) is 0 Å². The largest absolute Gasteiger partial charge is 0.343 e. The van der Waals surface area contributed by atoms with E-state index in [2.05, 4.69) is 51.5 Å². The highest BCUT2D eigenvalue weighted by molar-refractivity contribution is 6.06. The number of benzene rings is 2. The normalized spacial score (nSPS) is 16.3. The zero-order valence-electron chi connectivity index (χ0n) is 15.1. The maximum absolute atomic E-state index is 12.5. The van der Waals surface area contributed by atoms with Crippen molar-refractivity contribution in [2.75, 3.05) is 5.32 Å². The predicted octanol–water partition coefficient (Wildman–Crippen LogP) is 3.90. The number of hydrogen-bond donors (Lipinski definition) is 1. The average Bonchev–Trinajstić information content (AvgIpc) is 3.22. The topological polar surface area (TPSA) is 51.9 Å². The van der Waals surface area contributed by atoms with Crippen molar-refractivity contribution in [2.24, 2.45) is 7.05 Å². The van der Waals surface area contributed by atoms with Gasteiger partial charge in [-0.25, -0.2) is 0 Å². The van der Waals surface area contributed by atoms with E-state index in [1.54, 1.807) is 4.68 Å². The fraction of sp³-hybridized carbons (Fsp3) is 0.182. The summed E-state index contributed by atoms with van der Waals surface area (Å²) in [6.45, 7) is 0.800. The average molecular weight is 356 g/mol. The summed E-state index contributed by atoms with van der Waals surface area (Å²) in [5.74, 6) is 0.0454. The highest BCUT2D eigenvalue weighted by Gasteiger charge is 2.28. The molecule has 0 radical (unpaired) electrons. The number of rotatable bonds is 3. The molecule has 5 rings (SSSR count). The molecule has 1 amide bonds. The SMILES string of the molecule is Cn1cc(C2CC(=O)Nc3cccc4c3c2cn4Cc2ccccc2)cn1.